The van der Waals surface area contributed by atoms with E-state index in [-0.39, 0.29) is 18.1 Å². The van der Waals surface area contributed by atoms with Crippen LogP contribution in [0, 0.1) is 11.3 Å². The van der Waals surface area contributed by atoms with E-state index in [1.54, 1.807) is 0 Å². The van der Waals surface area contributed by atoms with Crippen molar-refractivity contribution in [3.63, 3.8) is 0 Å². The molecule has 0 aromatic carbocycles. The number of morpholine rings is 1. The van der Waals surface area contributed by atoms with Crippen molar-refractivity contribution in [1.82, 2.24) is 14.9 Å². The fraction of sp³-hybridized carbons (Fsp3) is 0.438. The summed E-state index contributed by atoms with van der Waals surface area (Å²) in [4.78, 5) is 21.6. The van der Waals surface area contributed by atoms with Crippen molar-refractivity contribution in [2.45, 2.75) is 32.6 Å². The van der Waals surface area contributed by atoms with E-state index in [2.05, 4.69) is 34.0 Å². The molecule has 0 radical (unpaired) electrons. The third-order valence-corrected chi connectivity index (χ3v) is 4.53. The van der Waals surface area contributed by atoms with Gasteiger partial charge in [0.25, 0.3) is 5.91 Å². The average molecular weight is 345 g/mol. The summed E-state index contributed by atoms with van der Waals surface area (Å²) in [6, 6.07) is 3.47. The van der Waals surface area contributed by atoms with E-state index in [0.29, 0.717) is 16.4 Å². The number of carbonyl (C=O) groups excluding carboxylic acids is 1. The van der Waals surface area contributed by atoms with Gasteiger partial charge in [0.05, 0.1) is 23.5 Å². The van der Waals surface area contributed by atoms with Crippen LogP contribution in [0.25, 0.3) is 0 Å². The van der Waals surface area contributed by atoms with Crippen molar-refractivity contribution in [2.24, 2.45) is 0 Å². The number of anilines is 1. The molecule has 2 aromatic rings. The Bertz CT molecular complexity index is 753. The largest absolute Gasteiger partial charge is 0.373 e. The van der Waals surface area contributed by atoms with Gasteiger partial charge < -0.3 is 9.72 Å². The number of carbonyl (C=O) groups is 1. The van der Waals surface area contributed by atoms with Crippen molar-refractivity contribution in [1.29, 1.82) is 5.26 Å². The molecule has 0 aliphatic carbocycles. The van der Waals surface area contributed by atoms with Crippen LogP contribution in [0.1, 0.15) is 35.6 Å². The number of thiazole rings is 1. The molecule has 3 heterocycles. The number of hydrogen-bond donors (Lipinski definition) is 2. The number of aromatic nitrogens is 2. The number of amides is 1. The summed E-state index contributed by atoms with van der Waals surface area (Å²) in [5.74, 6) is -0.276. The van der Waals surface area contributed by atoms with Crippen LogP contribution in [0.15, 0.2) is 17.6 Å². The first-order valence-electron chi connectivity index (χ1n) is 7.75. The summed E-state index contributed by atoms with van der Waals surface area (Å²) in [5, 5.41) is 14.1. The Morgan fingerprint density at radius 2 is 2.29 bits per heavy atom. The second-order valence-corrected chi connectivity index (χ2v) is 6.82. The molecule has 2 aromatic heterocycles. The highest BCUT2D eigenvalue weighted by Gasteiger charge is 2.22. The van der Waals surface area contributed by atoms with E-state index in [1.807, 2.05) is 11.4 Å². The van der Waals surface area contributed by atoms with Gasteiger partial charge in [0.15, 0.2) is 5.13 Å². The molecule has 0 saturated carbocycles. The van der Waals surface area contributed by atoms with Gasteiger partial charge in [0, 0.05) is 31.2 Å². The maximum atomic E-state index is 12.1. The minimum absolute atomic E-state index is 0.217. The lowest BCUT2D eigenvalue weighted by atomic mass is 10.2. The molecule has 8 heteroatoms. The number of nitrogens with one attached hydrogen (secondary N) is 2. The number of nitrogens with zero attached hydrogens (tertiary/aromatic N) is 3. The highest BCUT2D eigenvalue weighted by Crippen LogP contribution is 2.20. The fourth-order valence-electron chi connectivity index (χ4n) is 2.84. The van der Waals surface area contributed by atoms with Gasteiger partial charge in [-0.15, -0.1) is 11.3 Å². The van der Waals surface area contributed by atoms with E-state index >= 15 is 0 Å². The third-order valence-electron chi connectivity index (χ3n) is 3.72. The lowest BCUT2D eigenvalue weighted by Gasteiger charge is -2.34. The molecule has 2 N–H and O–H groups in total. The molecule has 1 aliphatic rings. The number of hydrogen-bond acceptors (Lipinski definition) is 6. The first kappa shape index (κ1) is 16.6. The Kier molecular flexibility index (Phi) is 4.94. The molecule has 3 rings (SSSR count). The maximum Gasteiger partial charge on any atom is 0.259 e. The zero-order valence-electron chi connectivity index (χ0n) is 13.6. The quantitative estimate of drug-likeness (QED) is 0.886. The molecule has 1 amide bonds. The summed E-state index contributed by atoms with van der Waals surface area (Å²) in [6.07, 6.45) is 1.95. The molecule has 0 unspecified atom stereocenters. The Labute approximate surface area is 144 Å². The molecular formula is C16H19N5O2S. The van der Waals surface area contributed by atoms with Crippen LogP contribution in [-0.4, -0.2) is 46.1 Å². The SMILES string of the molecule is C[C@@H]1CN(Cc2csc(NC(=O)c3c[nH]c(C#N)c3)n2)C[C@H](C)O1. The van der Waals surface area contributed by atoms with Gasteiger partial charge in [0.2, 0.25) is 0 Å². The van der Waals surface area contributed by atoms with Crippen LogP contribution in [0.4, 0.5) is 5.13 Å². The predicted molar refractivity (Wildman–Crippen MR) is 90.9 cm³/mol. The number of H-pyrrole nitrogens is 1. The number of nitriles is 1. The molecule has 1 fully saturated rings. The lowest BCUT2D eigenvalue weighted by molar-refractivity contribution is -0.0707. The zero-order valence-corrected chi connectivity index (χ0v) is 14.4. The first-order valence-corrected chi connectivity index (χ1v) is 8.63. The first-order chi connectivity index (χ1) is 11.5. The van der Waals surface area contributed by atoms with Crippen molar-refractivity contribution < 1.29 is 9.53 Å². The molecule has 126 valence electrons. The minimum atomic E-state index is -0.276. The van der Waals surface area contributed by atoms with Gasteiger partial charge in [0.1, 0.15) is 11.8 Å². The van der Waals surface area contributed by atoms with Gasteiger partial charge in [-0.1, -0.05) is 0 Å². The second kappa shape index (κ2) is 7.13. The van der Waals surface area contributed by atoms with Crippen molar-refractivity contribution in [3.8, 4) is 6.07 Å². The molecule has 1 saturated heterocycles. The van der Waals surface area contributed by atoms with Crippen LogP contribution in [0.5, 0.6) is 0 Å². The van der Waals surface area contributed by atoms with Crippen molar-refractivity contribution in [3.05, 3.63) is 34.6 Å². The van der Waals surface area contributed by atoms with E-state index in [9.17, 15) is 4.79 Å². The van der Waals surface area contributed by atoms with Crippen LogP contribution in [-0.2, 0) is 11.3 Å². The predicted octanol–water partition coefficient (Wildman–Crippen LogP) is 2.20. The fourth-order valence-corrected chi connectivity index (χ4v) is 3.54. The standard InChI is InChI=1S/C16H19N5O2S/c1-10-6-21(7-11(2)23-10)8-14-9-24-16(19-14)20-15(22)12-3-13(4-17)18-5-12/h3,5,9-11,18H,6-8H2,1-2H3,(H,19,20,22)/t10-,11+. The minimum Gasteiger partial charge on any atom is -0.373 e. The van der Waals surface area contributed by atoms with Gasteiger partial charge in [-0.05, 0) is 19.9 Å². The highest BCUT2D eigenvalue weighted by molar-refractivity contribution is 7.13. The molecule has 7 nitrogen and oxygen atoms in total. The van der Waals surface area contributed by atoms with E-state index in [1.165, 1.54) is 23.6 Å². The van der Waals surface area contributed by atoms with E-state index in [0.717, 1.165) is 25.3 Å². The summed E-state index contributed by atoms with van der Waals surface area (Å²) < 4.78 is 5.73. The van der Waals surface area contributed by atoms with Crippen LogP contribution in [0.2, 0.25) is 0 Å². The second-order valence-electron chi connectivity index (χ2n) is 5.96. The number of aromatic amines is 1. The van der Waals surface area contributed by atoms with Crippen molar-refractivity contribution >= 4 is 22.4 Å². The lowest BCUT2D eigenvalue weighted by Crippen LogP contribution is -2.44. The Balaban J connectivity index is 1.59. The van der Waals surface area contributed by atoms with Gasteiger partial charge in [-0.25, -0.2) is 4.98 Å². The number of rotatable bonds is 4. The zero-order chi connectivity index (χ0) is 17.1. The summed E-state index contributed by atoms with van der Waals surface area (Å²) in [6.45, 7) is 6.64. The summed E-state index contributed by atoms with van der Waals surface area (Å²) in [7, 11) is 0. The molecular weight excluding hydrogens is 326 g/mol. The normalized spacial score (nSPS) is 21.4. The van der Waals surface area contributed by atoms with E-state index < -0.39 is 0 Å². The van der Waals surface area contributed by atoms with E-state index in [4.69, 9.17) is 10.00 Å². The van der Waals surface area contributed by atoms with Gasteiger partial charge in [-0.3, -0.25) is 15.0 Å². The van der Waals surface area contributed by atoms with Crippen LogP contribution in [0.3, 0.4) is 0 Å². The smallest absolute Gasteiger partial charge is 0.259 e. The molecule has 24 heavy (non-hydrogen) atoms. The topological polar surface area (TPSA) is 94.0 Å². The van der Waals surface area contributed by atoms with Gasteiger partial charge in [-0.2, -0.15) is 5.26 Å². The maximum absolute atomic E-state index is 12.1. The Morgan fingerprint density at radius 1 is 1.54 bits per heavy atom. The highest BCUT2D eigenvalue weighted by atomic mass is 32.1. The molecule has 1 aliphatic heterocycles. The number of ether oxygens (including phenoxy) is 1. The Hall–Kier alpha value is -2.21. The van der Waals surface area contributed by atoms with Crippen LogP contribution < -0.4 is 5.32 Å². The average Bonchev–Trinajstić information content (AvgIpc) is 3.15. The third kappa shape index (κ3) is 4.00. The molecule has 0 bridgehead atoms. The molecule has 2 atom stereocenters. The monoisotopic (exact) mass is 345 g/mol. The van der Waals surface area contributed by atoms with Crippen molar-refractivity contribution in [2.75, 3.05) is 18.4 Å². The molecule has 0 spiro atoms. The van der Waals surface area contributed by atoms with Crippen LogP contribution >= 0.6 is 11.3 Å². The van der Waals surface area contributed by atoms with Gasteiger partial charge >= 0.3 is 0 Å². The summed E-state index contributed by atoms with van der Waals surface area (Å²) in [5.41, 5.74) is 1.71. The summed E-state index contributed by atoms with van der Waals surface area (Å²) >= 11 is 1.40. The Morgan fingerprint density at radius 3 is 2.96 bits per heavy atom.